The van der Waals surface area contributed by atoms with Crippen molar-refractivity contribution in [1.82, 2.24) is 5.32 Å². The van der Waals surface area contributed by atoms with Crippen molar-refractivity contribution in [3.8, 4) is 17.6 Å². The summed E-state index contributed by atoms with van der Waals surface area (Å²) in [7, 11) is 0. The monoisotopic (exact) mass is 370 g/mol. The van der Waals surface area contributed by atoms with Crippen LogP contribution in [0.5, 0.6) is 11.5 Å². The van der Waals surface area contributed by atoms with E-state index in [0.717, 1.165) is 5.56 Å². The van der Waals surface area contributed by atoms with E-state index in [1.807, 2.05) is 19.1 Å². The molecular weight excluding hydrogens is 344 g/mol. The number of nitriles is 1. The molecule has 27 heavy (non-hydrogen) atoms. The van der Waals surface area contributed by atoms with E-state index in [9.17, 15) is 10.1 Å². The molecule has 3 atom stereocenters. The molecule has 0 radical (unpaired) electrons. The van der Waals surface area contributed by atoms with Crippen molar-refractivity contribution in [3.63, 3.8) is 0 Å². The molecule has 1 saturated heterocycles. The van der Waals surface area contributed by atoms with Crippen molar-refractivity contribution < 1.29 is 19.0 Å². The molecule has 0 spiro atoms. The summed E-state index contributed by atoms with van der Waals surface area (Å²) in [5.74, 6) is 0.797. The molecule has 6 heteroatoms. The predicted molar refractivity (Wildman–Crippen MR) is 102 cm³/mol. The van der Waals surface area contributed by atoms with Gasteiger partial charge < -0.3 is 14.2 Å². The number of nitrogens with zero attached hydrogens (tertiary/aromatic N) is 1. The summed E-state index contributed by atoms with van der Waals surface area (Å²) in [5.41, 5.74) is 0.0900. The quantitative estimate of drug-likeness (QED) is 0.531. The minimum Gasteiger partial charge on any atom is -0.486 e. The van der Waals surface area contributed by atoms with E-state index in [-0.39, 0.29) is 12.0 Å². The average Bonchev–Trinajstić information content (AvgIpc) is 3.03. The van der Waals surface area contributed by atoms with Crippen LogP contribution in [0.2, 0.25) is 0 Å². The molecule has 144 valence electrons. The zero-order chi connectivity index (χ0) is 19.9. The number of hydrogen-bond acceptors (Lipinski definition) is 6. The van der Waals surface area contributed by atoms with Gasteiger partial charge in [0.25, 0.3) is 0 Å². The van der Waals surface area contributed by atoms with Gasteiger partial charge in [0.05, 0.1) is 24.1 Å². The maximum atomic E-state index is 12.1. The molecule has 2 unspecified atom stereocenters. The second-order valence-electron chi connectivity index (χ2n) is 6.54. The van der Waals surface area contributed by atoms with Gasteiger partial charge in [0, 0.05) is 0 Å². The van der Waals surface area contributed by atoms with Gasteiger partial charge in [-0.1, -0.05) is 31.4 Å². The molecule has 1 N–H and O–H groups in total. The Hall–Kier alpha value is -2.78. The first kappa shape index (κ1) is 20.5. The lowest BCUT2D eigenvalue weighted by atomic mass is 9.80. The third-order valence-corrected chi connectivity index (χ3v) is 4.47. The summed E-state index contributed by atoms with van der Waals surface area (Å²) < 4.78 is 16.5. The minimum atomic E-state index is -0.753. The van der Waals surface area contributed by atoms with Crippen LogP contribution in [0.1, 0.15) is 31.9 Å². The van der Waals surface area contributed by atoms with Gasteiger partial charge in [-0.2, -0.15) is 5.26 Å². The number of hydrogen-bond donors (Lipinski definition) is 1. The molecule has 0 amide bonds. The summed E-state index contributed by atoms with van der Waals surface area (Å²) in [6.45, 7) is 11.9. The average molecular weight is 370 g/mol. The number of nitrogens with one attached hydrogen (secondary N) is 1. The van der Waals surface area contributed by atoms with Crippen LogP contribution in [0.25, 0.3) is 0 Å². The third kappa shape index (κ3) is 4.69. The van der Waals surface area contributed by atoms with Crippen LogP contribution in [-0.4, -0.2) is 31.8 Å². The molecule has 0 aromatic heterocycles. The Balaban J connectivity index is 2.33. The second kappa shape index (κ2) is 9.24. The summed E-state index contributed by atoms with van der Waals surface area (Å²) >= 11 is 0. The number of esters is 1. The lowest BCUT2D eigenvalue weighted by molar-refractivity contribution is -0.145. The Kier molecular flexibility index (Phi) is 7.03. The molecule has 2 rings (SSSR count). The molecule has 0 aliphatic carbocycles. The van der Waals surface area contributed by atoms with Gasteiger partial charge in [-0.05, 0) is 38.0 Å². The van der Waals surface area contributed by atoms with E-state index in [0.29, 0.717) is 37.7 Å². The standard InChI is InChI=1S/C21H26N2O4/c1-5-10-26-17-9-8-15(12-18(17)27-11-6-2)19-21(4,14-22)13-16(23-19)20(24)25-7-3/h5-6,8-9,12,16,19,23H,1-2,7,10-11,13H2,3-4H3/t16?,19?,21-/m1/s1. The highest BCUT2D eigenvalue weighted by Crippen LogP contribution is 2.45. The molecule has 1 fully saturated rings. The van der Waals surface area contributed by atoms with E-state index in [1.165, 1.54) is 0 Å². The van der Waals surface area contributed by atoms with E-state index < -0.39 is 11.5 Å². The summed E-state index contributed by atoms with van der Waals surface area (Å²) in [6, 6.07) is 7.01. The predicted octanol–water partition coefficient (Wildman–Crippen LogP) is 3.31. The molecule has 0 bridgehead atoms. The molecule has 1 aliphatic rings. The van der Waals surface area contributed by atoms with Crippen LogP contribution in [0, 0.1) is 16.7 Å². The smallest absolute Gasteiger partial charge is 0.323 e. The summed E-state index contributed by atoms with van der Waals surface area (Å²) in [4.78, 5) is 12.1. The second-order valence-corrected chi connectivity index (χ2v) is 6.54. The SMILES string of the molecule is C=CCOc1ccc(C2NC(C(=O)OCC)C[C@]2(C)C#N)cc1OCC=C. The van der Waals surface area contributed by atoms with Crippen molar-refractivity contribution in [2.24, 2.45) is 5.41 Å². The highest BCUT2D eigenvalue weighted by atomic mass is 16.5. The fraction of sp³-hybridized carbons (Fsp3) is 0.429. The van der Waals surface area contributed by atoms with Gasteiger partial charge in [0.1, 0.15) is 19.3 Å². The zero-order valence-corrected chi connectivity index (χ0v) is 15.9. The minimum absolute atomic E-state index is 0.305. The van der Waals surface area contributed by atoms with Gasteiger partial charge in [-0.3, -0.25) is 10.1 Å². The Morgan fingerprint density at radius 3 is 2.59 bits per heavy atom. The van der Waals surface area contributed by atoms with E-state index in [2.05, 4.69) is 24.5 Å². The maximum absolute atomic E-state index is 12.1. The topological polar surface area (TPSA) is 80.6 Å². The van der Waals surface area contributed by atoms with Crippen molar-refractivity contribution in [3.05, 3.63) is 49.1 Å². The number of rotatable bonds is 9. The normalized spacial score (nSPS) is 23.9. The van der Waals surface area contributed by atoms with Crippen LogP contribution < -0.4 is 14.8 Å². The number of benzene rings is 1. The molecule has 1 aromatic carbocycles. The van der Waals surface area contributed by atoms with Gasteiger partial charge in [-0.25, -0.2) is 0 Å². The molecule has 1 aliphatic heterocycles. The molecule has 0 saturated carbocycles. The number of carbonyl (C=O) groups is 1. The van der Waals surface area contributed by atoms with Crippen molar-refractivity contribution >= 4 is 5.97 Å². The van der Waals surface area contributed by atoms with Gasteiger partial charge >= 0.3 is 5.97 Å². The zero-order valence-electron chi connectivity index (χ0n) is 15.9. The van der Waals surface area contributed by atoms with E-state index >= 15 is 0 Å². The Morgan fingerprint density at radius 1 is 1.33 bits per heavy atom. The molecule has 1 aromatic rings. The first-order valence-corrected chi connectivity index (χ1v) is 8.94. The van der Waals surface area contributed by atoms with E-state index in [1.54, 1.807) is 25.1 Å². The fourth-order valence-corrected chi connectivity index (χ4v) is 3.19. The number of carbonyl (C=O) groups excluding carboxylic acids is 1. The van der Waals surface area contributed by atoms with Crippen LogP contribution in [-0.2, 0) is 9.53 Å². The first-order valence-electron chi connectivity index (χ1n) is 8.94. The Morgan fingerprint density at radius 2 is 2.00 bits per heavy atom. The maximum Gasteiger partial charge on any atom is 0.323 e. The summed E-state index contributed by atoms with van der Waals surface area (Å²) in [5, 5.41) is 13.0. The van der Waals surface area contributed by atoms with Gasteiger partial charge in [0.2, 0.25) is 0 Å². The van der Waals surface area contributed by atoms with Crippen molar-refractivity contribution in [1.29, 1.82) is 5.26 Å². The Bertz CT molecular complexity index is 740. The molecule has 6 nitrogen and oxygen atoms in total. The first-order chi connectivity index (χ1) is 13.0. The van der Waals surface area contributed by atoms with Gasteiger partial charge in [-0.15, -0.1) is 0 Å². The Labute approximate surface area is 160 Å². The van der Waals surface area contributed by atoms with Crippen LogP contribution in [0.15, 0.2) is 43.5 Å². The van der Waals surface area contributed by atoms with E-state index in [4.69, 9.17) is 14.2 Å². The van der Waals surface area contributed by atoms with Crippen molar-refractivity contribution in [2.75, 3.05) is 19.8 Å². The third-order valence-electron chi connectivity index (χ3n) is 4.47. The van der Waals surface area contributed by atoms with Crippen molar-refractivity contribution in [2.45, 2.75) is 32.4 Å². The molecule has 1 heterocycles. The van der Waals surface area contributed by atoms with Gasteiger partial charge in [0.15, 0.2) is 11.5 Å². The lowest BCUT2D eigenvalue weighted by Gasteiger charge is -2.24. The summed E-state index contributed by atoms with van der Waals surface area (Å²) in [6.07, 6.45) is 3.68. The highest BCUT2D eigenvalue weighted by molar-refractivity contribution is 5.76. The fourth-order valence-electron chi connectivity index (χ4n) is 3.19. The van der Waals surface area contributed by atoms with Crippen LogP contribution in [0.3, 0.4) is 0 Å². The molecular formula is C21H26N2O4. The number of ether oxygens (including phenoxy) is 3. The lowest BCUT2D eigenvalue weighted by Crippen LogP contribution is -2.34. The highest BCUT2D eigenvalue weighted by Gasteiger charge is 2.48. The van der Waals surface area contributed by atoms with Crippen LogP contribution in [0.4, 0.5) is 0 Å². The van der Waals surface area contributed by atoms with Crippen LogP contribution >= 0.6 is 0 Å². The largest absolute Gasteiger partial charge is 0.486 e.